The molecule has 130 valence electrons. The highest BCUT2D eigenvalue weighted by atomic mass is 16.1. The second kappa shape index (κ2) is 7.57. The molecule has 1 amide bonds. The van der Waals surface area contributed by atoms with Gasteiger partial charge in [0.1, 0.15) is 0 Å². The van der Waals surface area contributed by atoms with Crippen molar-refractivity contribution in [2.45, 2.75) is 31.2 Å². The molecule has 26 heavy (non-hydrogen) atoms. The molecule has 4 rings (SSSR count). The van der Waals surface area contributed by atoms with Gasteiger partial charge >= 0.3 is 0 Å². The number of rotatable bonds is 4. The Hall–Kier alpha value is -2.87. The second-order valence-electron chi connectivity index (χ2n) is 6.91. The van der Waals surface area contributed by atoms with Crippen LogP contribution >= 0.6 is 0 Å². The standard InChI is InChI=1S/C24H23NO/c26-24(25-22-17-9-15-18-10-7-8-16-21(18)22)23(19-11-3-1-4-12-19)20-13-5-2-6-14-20/h1-8,10-14,16,22-23H,9,15,17H2,(H,25,26). The predicted molar refractivity (Wildman–Crippen MR) is 105 cm³/mol. The molecule has 0 bridgehead atoms. The molecule has 0 saturated carbocycles. The fourth-order valence-corrected chi connectivity index (χ4v) is 3.95. The lowest BCUT2D eigenvalue weighted by molar-refractivity contribution is -0.122. The van der Waals surface area contributed by atoms with Crippen LogP contribution in [0.4, 0.5) is 0 Å². The van der Waals surface area contributed by atoms with Gasteiger partial charge in [-0.3, -0.25) is 4.79 Å². The van der Waals surface area contributed by atoms with E-state index in [1.54, 1.807) is 0 Å². The molecule has 0 spiro atoms. The Morgan fingerprint density at radius 3 is 2.04 bits per heavy atom. The third-order valence-electron chi connectivity index (χ3n) is 5.21. The first-order valence-corrected chi connectivity index (χ1v) is 9.31. The summed E-state index contributed by atoms with van der Waals surface area (Å²) in [6.45, 7) is 0. The Morgan fingerprint density at radius 1 is 0.808 bits per heavy atom. The van der Waals surface area contributed by atoms with E-state index in [2.05, 4.69) is 29.6 Å². The first kappa shape index (κ1) is 16.6. The largest absolute Gasteiger partial charge is 0.348 e. The number of carbonyl (C=O) groups is 1. The molecule has 0 saturated heterocycles. The van der Waals surface area contributed by atoms with Crippen LogP contribution in [0.2, 0.25) is 0 Å². The van der Waals surface area contributed by atoms with E-state index in [4.69, 9.17) is 0 Å². The minimum absolute atomic E-state index is 0.0732. The lowest BCUT2D eigenvalue weighted by Gasteiger charge is -2.28. The van der Waals surface area contributed by atoms with E-state index in [1.165, 1.54) is 11.1 Å². The van der Waals surface area contributed by atoms with Gasteiger partial charge in [-0.25, -0.2) is 0 Å². The fourth-order valence-electron chi connectivity index (χ4n) is 3.95. The summed E-state index contributed by atoms with van der Waals surface area (Å²) in [5.41, 5.74) is 4.69. The van der Waals surface area contributed by atoms with E-state index in [9.17, 15) is 4.79 Å². The highest BCUT2D eigenvalue weighted by Crippen LogP contribution is 2.31. The molecule has 0 aromatic heterocycles. The van der Waals surface area contributed by atoms with Crippen LogP contribution in [0, 0.1) is 0 Å². The monoisotopic (exact) mass is 341 g/mol. The van der Waals surface area contributed by atoms with Gasteiger partial charge in [0.15, 0.2) is 0 Å². The summed E-state index contributed by atoms with van der Waals surface area (Å²) in [6.07, 6.45) is 3.21. The topological polar surface area (TPSA) is 29.1 Å². The maximum Gasteiger partial charge on any atom is 0.232 e. The van der Waals surface area contributed by atoms with Gasteiger partial charge in [0.2, 0.25) is 5.91 Å². The van der Waals surface area contributed by atoms with Crippen LogP contribution in [-0.2, 0) is 11.2 Å². The molecule has 3 aromatic rings. The number of amides is 1. The molecule has 1 aliphatic carbocycles. The molecule has 1 N–H and O–H groups in total. The molecule has 3 aromatic carbocycles. The lowest BCUT2D eigenvalue weighted by atomic mass is 9.86. The van der Waals surface area contributed by atoms with E-state index in [0.717, 1.165) is 30.4 Å². The smallest absolute Gasteiger partial charge is 0.232 e. The Labute approximate surface area is 154 Å². The normalized spacial score (nSPS) is 16.1. The van der Waals surface area contributed by atoms with E-state index in [0.29, 0.717) is 0 Å². The second-order valence-corrected chi connectivity index (χ2v) is 6.91. The summed E-state index contributed by atoms with van der Waals surface area (Å²) >= 11 is 0. The van der Waals surface area contributed by atoms with Crippen LogP contribution in [0.25, 0.3) is 0 Å². The van der Waals surface area contributed by atoms with Gasteiger partial charge in [0.25, 0.3) is 0 Å². The number of nitrogens with one attached hydrogen (secondary N) is 1. The van der Waals surface area contributed by atoms with Crippen molar-refractivity contribution in [1.29, 1.82) is 0 Å². The molecule has 0 fully saturated rings. The van der Waals surface area contributed by atoms with Crippen LogP contribution in [0.3, 0.4) is 0 Å². The van der Waals surface area contributed by atoms with Crippen molar-refractivity contribution in [3.8, 4) is 0 Å². The molecule has 0 aliphatic heterocycles. The molecule has 1 unspecified atom stereocenters. The summed E-state index contributed by atoms with van der Waals surface area (Å²) in [7, 11) is 0. The van der Waals surface area contributed by atoms with Crippen molar-refractivity contribution in [3.05, 3.63) is 107 Å². The zero-order valence-corrected chi connectivity index (χ0v) is 14.8. The maximum atomic E-state index is 13.3. The number of fused-ring (bicyclic) bond motifs is 1. The highest BCUT2D eigenvalue weighted by Gasteiger charge is 2.27. The van der Waals surface area contributed by atoms with Gasteiger partial charge in [-0.2, -0.15) is 0 Å². The molecular formula is C24H23NO. The van der Waals surface area contributed by atoms with Gasteiger partial charge in [-0.15, -0.1) is 0 Å². The lowest BCUT2D eigenvalue weighted by Crippen LogP contribution is -2.35. The zero-order chi connectivity index (χ0) is 17.8. The molecule has 1 atom stereocenters. The summed E-state index contributed by atoms with van der Waals surface area (Å²) < 4.78 is 0. The third kappa shape index (κ3) is 3.41. The van der Waals surface area contributed by atoms with Gasteiger partial charge in [-0.05, 0) is 41.5 Å². The van der Waals surface area contributed by atoms with E-state index < -0.39 is 0 Å². The molecule has 2 heteroatoms. The molecular weight excluding hydrogens is 318 g/mol. The van der Waals surface area contributed by atoms with Crippen molar-refractivity contribution in [2.75, 3.05) is 0 Å². The number of hydrogen-bond acceptors (Lipinski definition) is 1. The zero-order valence-electron chi connectivity index (χ0n) is 14.8. The van der Waals surface area contributed by atoms with Crippen LogP contribution in [0.1, 0.15) is 47.1 Å². The summed E-state index contributed by atoms with van der Waals surface area (Å²) in [5, 5.41) is 3.33. The average Bonchev–Trinajstić information content (AvgIpc) is 2.70. The quantitative estimate of drug-likeness (QED) is 0.710. The molecule has 1 aliphatic rings. The Balaban J connectivity index is 1.64. The number of aryl methyl sites for hydroxylation is 1. The third-order valence-corrected chi connectivity index (χ3v) is 5.21. The Morgan fingerprint density at radius 2 is 1.38 bits per heavy atom. The maximum absolute atomic E-state index is 13.3. The molecule has 0 radical (unpaired) electrons. The van der Waals surface area contributed by atoms with Crippen molar-refractivity contribution in [1.82, 2.24) is 5.32 Å². The molecule has 0 heterocycles. The van der Waals surface area contributed by atoms with Gasteiger partial charge in [-0.1, -0.05) is 84.9 Å². The summed E-state index contributed by atoms with van der Waals surface area (Å²) in [5.74, 6) is -0.212. The van der Waals surface area contributed by atoms with E-state index in [-0.39, 0.29) is 17.9 Å². The minimum atomic E-state index is -0.286. The van der Waals surface area contributed by atoms with Gasteiger partial charge < -0.3 is 5.32 Å². The minimum Gasteiger partial charge on any atom is -0.348 e. The number of benzene rings is 3. The number of carbonyl (C=O) groups excluding carboxylic acids is 1. The first-order chi connectivity index (χ1) is 12.8. The number of hydrogen-bond donors (Lipinski definition) is 1. The Kier molecular flexibility index (Phi) is 4.83. The average molecular weight is 341 g/mol. The van der Waals surface area contributed by atoms with Crippen molar-refractivity contribution < 1.29 is 4.79 Å². The van der Waals surface area contributed by atoms with Crippen molar-refractivity contribution >= 4 is 5.91 Å². The summed E-state index contributed by atoms with van der Waals surface area (Å²) in [4.78, 5) is 13.3. The van der Waals surface area contributed by atoms with Crippen molar-refractivity contribution in [3.63, 3.8) is 0 Å². The predicted octanol–water partition coefficient (Wildman–Crippen LogP) is 5.01. The van der Waals surface area contributed by atoms with Gasteiger partial charge in [0, 0.05) is 0 Å². The van der Waals surface area contributed by atoms with E-state index >= 15 is 0 Å². The van der Waals surface area contributed by atoms with Crippen LogP contribution in [-0.4, -0.2) is 5.91 Å². The van der Waals surface area contributed by atoms with Crippen molar-refractivity contribution in [2.24, 2.45) is 0 Å². The Bertz CT molecular complexity index is 833. The summed E-state index contributed by atoms with van der Waals surface area (Å²) in [6, 6.07) is 28.7. The van der Waals surface area contributed by atoms with Crippen LogP contribution in [0.15, 0.2) is 84.9 Å². The van der Waals surface area contributed by atoms with Crippen LogP contribution < -0.4 is 5.32 Å². The first-order valence-electron chi connectivity index (χ1n) is 9.31. The SMILES string of the molecule is O=C(NC1CCCc2ccccc21)C(c1ccccc1)c1ccccc1. The fraction of sp³-hybridized carbons (Fsp3) is 0.208. The van der Waals surface area contributed by atoms with Crippen LogP contribution in [0.5, 0.6) is 0 Å². The van der Waals surface area contributed by atoms with Gasteiger partial charge in [0.05, 0.1) is 12.0 Å². The van der Waals surface area contributed by atoms with E-state index in [1.807, 2.05) is 60.7 Å². The molecule has 2 nitrogen and oxygen atoms in total. The highest BCUT2D eigenvalue weighted by molar-refractivity contribution is 5.87.